The van der Waals surface area contributed by atoms with Crippen LogP contribution in [0.1, 0.15) is 16.8 Å². The fourth-order valence-corrected chi connectivity index (χ4v) is 2.27. The van der Waals surface area contributed by atoms with Crippen molar-refractivity contribution >= 4 is 17.4 Å². The largest absolute Gasteiger partial charge is 0.457 e. The van der Waals surface area contributed by atoms with E-state index in [9.17, 15) is 4.79 Å². The first kappa shape index (κ1) is 15.3. The zero-order valence-corrected chi connectivity index (χ0v) is 13.1. The van der Waals surface area contributed by atoms with Crippen LogP contribution in [0.15, 0.2) is 67.3 Å². The number of rotatable bonds is 6. The number of ketones is 1. The number of Topliss-reactive ketones (excluding diaryl/α,β-unsaturated/α-hetero) is 1. The molecule has 0 N–H and O–H groups in total. The lowest BCUT2D eigenvalue weighted by Gasteiger charge is -2.07. The van der Waals surface area contributed by atoms with Crippen LogP contribution >= 0.6 is 11.6 Å². The highest BCUT2D eigenvalue weighted by Gasteiger charge is 2.06. The van der Waals surface area contributed by atoms with Gasteiger partial charge in [-0.05, 0) is 48.5 Å². The molecular weight excluding hydrogens is 312 g/mol. The van der Waals surface area contributed by atoms with Gasteiger partial charge in [-0.2, -0.15) is 0 Å². The predicted molar refractivity (Wildman–Crippen MR) is 89.1 cm³/mol. The number of ether oxygens (including phenoxy) is 1. The molecule has 0 unspecified atom stereocenters. The third-order valence-corrected chi connectivity index (χ3v) is 3.63. The first-order chi connectivity index (χ1) is 11.2. The van der Waals surface area contributed by atoms with Crippen LogP contribution in [0.2, 0.25) is 5.02 Å². The highest BCUT2D eigenvalue weighted by atomic mass is 35.5. The van der Waals surface area contributed by atoms with Crippen LogP contribution in [-0.2, 0) is 6.54 Å². The Hall–Kier alpha value is -2.59. The van der Waals surface area contributed by atoms with Crippen LogP contribution in [-0.4, -0.2) is 15.3 Å². The number of hydrogen-bond acceptors (Lipinski definition) is 3. The van der Waals surface area contributed by atoms with E-state index in [1.54, 1.807) is 61.1 Å². The van der Waals surface area contributed by atoms with Crippen molar-refractivity contribution in [1.82, 2.24) is 9.55 Å². The van der Waals surface area contributed by atoms with Crippen molar-refractivity contribution in [1.29, 1.82) is 0 Å². The van der Waals surface area contributed by atoms with E-state index in [1.807, 2.05) is 10.8 Å². The summed E-state index contributed by atoms with van der Waals surface area (Å²) in [6, 6.07) is 14.3. The maximum absolute atomic E-state index is 12.2. The zero-order valence-electron chi connectivity index (χ0n) is 12.4. The van der Waals surface area contributed by atoms with Crippen LogP contribution in [0.25, 0.3) is 0 Å². The van der Waals surface area contributed by atoms with Gasteiger partial charge in [0.25, 0.3) is 0 Å². The molecule has 0 fully saturated rings. The molecule has 116 valence electrons. The van der Waals surface area contributed by atoms with Crippen LogP contribution in [0.3, 0.4) is 0 Å². The van der Waals surface area contributed by atoms with Gasteiger partial charge >= 0.3 is 0 Å². The van der Waals surface area contributed by atoms with Crippen molar-refractivity contribution in [2.75, 3.05) is 0 Å². The summed E-state index contributed by atoms with van der Waals surface area (Å²) in [7, 11) is 0. The van der Waals surface area contributed by atoms with E-state index in [0.29, 0.717) is 35.1 Å². The molecule has 0 bridgehead atoms. The van der Waals surface area contributed by atoms with Gasteiger partial charge in [-0.25, -0.2) is 4.98 Å². The molecule has 0 saturated heterocycles. The van der Waals surface area contributed by atoms with E-state index >= 15 is 0 Å². The Kier molecular flexibility index (Phi) is 4.74. The molecule has 0 aliphatic carbocycles. The fourth-order valence-electron chi connectivity index (χ4n) is 2.14. The molecule has 5 heteroatoms. The molecule has 4 nitrogen and oxygen atoms in total. The van der Waals surface area contributed by atoms with Crippen molar-refractivity contribution in [3.8, 4) is 11.5 Å². The third-order valence-electron chi connectivity index (χ3n) is 3.38. The average Bonchev–Trinajstić information content (AvgIpc) is 3.09. The molecular formula is C18H15ClN2O2. The number of carbonyl (C=O) groups excluding carboxylic acids is 1. The van der Waals surface area contributed by atoms with Crippen LogP contribution in [0.4, 0.5) is 0 Å². The molecule has 0 saturated carbocycles. The standard InChI is InChI=1S/C18H15ClN2O2/c19-15-3-7-17(8-4-15)23-16-5-1-14(2-6-16)18(22)9-11-21-12-10-20-13-21/h1-8,10,12-13H,9,11H2. The number of aryl methyl sites for hydroxylation is 1. The lowest BCUT2D eigenvalue weighted by atomic mass is 10.1. The quantitative estimate of drug-likeness (QED) is 0.622. The van der Waals surface area contributed by atoms with Gasteiger partial charge in [-0.3, -0.25) is 4.79 Å². The number of hydrogen-bond donors (Lipinski definition) is 0. The normalized spacial score (nSPS) is 10.5. The van der Waals surface area contributed by atoms with E-state index < -0.39 is 0 Å². The van der Waals surface area contributed by atoms with Gasteiger partial charge < -0.3 is 9.30 Å². The zero-order chi connectivity index (χ0) is 16.1. The second kappa shape index (κ2) is 7.11. The van der Waals surface area contributed by atoms with E-state index in [2.05, 4.69) is 4.98 Å². The topological polar surface area (TPSA) is 44.1 Å². The van der Waals surface area contributed by atoms with Crippen molar-refractivity contribution in [3.63, 3.8) is 0 Å². The Morgan fingerprint density at radius 2 is 1.70 bits per heavy atom. The van der Waals surface area contributed by atoms with E-state index in [-0.39, 0.29) is 5.78 Å². The third kappa shape index (κ3) is 4.20. The van der Waals surface area contributed by atoms with Crippen LogP contribution in [0.5, 0.6) is 11.5 Å². The van der Waals surface area contributed by atoms with Gasteiger partial charge in [0.1, 0.15) is 11.5 Å². The number of benzene rings is 2. The molecule has 0 aliphatic rings. The van der Waals surface area contributed by atoms with Gasteiger partial charge in [0.2, 0.25) is 0 Å². The lowest BCUT2D eigenvalue weighted by molar-refractivity contribution is 0.0977. The molecule has 0 radical (unpaired) electrons. The highest BCUT2D eigenvalue weighted by molar-refractivity contribution is 6.30. The Bertz CT molecular complexity index is 766. The molecule has 1 aromatic heterocycles. The van der Waals surface area contributed by atoms with E-state index in [1.165, 1.54) is 0 Å². The number of halogens is 1. The van der Waals surface area contributed by atoms with Gasteiger partial charge in [0, 0.05) is 35.9 Å². The van der Waals surface area contributed by atoms with Gasteiger partial charge in [-0.15, -0.1) is 0 Å². The fraction of sp³-hybridized carbons (Fsp3) is 0.111. The maximum Gasteiger partial charge on any atom is 0.164 e. The van der Waals surface area contributed by atoms with Crippen molar-refractivity contribution in [2.45, 2.75) is 13.0 Å². The minimum Gasteiger partial charge on any atom is -0.457 e. The Labute approximate surface area is 139 Å². The summed E-state index contributed by atoms with van der Waals surface area (Å²) in [5.41, 5.74) is 0.675. The summed E-state index contributed by atoms with van der Waals surface area (Å²) in [6.45, 7) is 0.627. The second-order valence-corrected chi connectivity index (χ2v) is 5.49. The molecule has 0 aliphatic heterocycles. The van der Waals surface area contributed by atoms with Crippen LogP contribution < -0.4 is 4.74 Å². The maximum atomic E-state index is 12.2. The van der Waals surface area contributed by atoms with E-state index in [4.69, 9.17) is 16.3 Å². The molecule has 3 aromatic rings. The Balaban J connectivity index is 1.59. The molecule has 23 heavy (non-hydrogen) atoms. The Morgan fingerprint density at radius 1 is 1.04 bits per heavy atom. The van der Waals surface area contributed by atoms with Gasteiger partial charge in [0.15, 0.2) is 5.78 Å². The number of nitrogens with zero attached hydrogens (tertiary/aromatic N) is 2. The molecule has 0 amide bonds. The van der Waals surface area contributed by atoms with Crippen molar-refractivity contribution in [2.24, 2.45) is 0 Å². The first-order valence-corrected chi connectivity index (χ1v) is 7.61. The smallest absolute Gasteiger partial charge is 0.164 e. The number of imidazole rings is 1. The van der Waals surface area contributed by atoms with Crippen molar-refractivity contribution in [3.05, 3.63) is 77.8 Å². The summed E-state index contributed by atoms with van der Waals surface area (Å²) < 4.78 is 7.59. The summed E-state index contributed by atoms with van der Waals surface area (Å²) in [5.74, 6) is 1.48. The summed E-state index contributed by atoms with van der Waals surface area (Å²) in [6.07, 6.45) is 5.69. The van der Waals surface area contributed by atoms with Crippen molar-refractivity contribution < 1.29 is 9.53 Å². The minimum absolute atomic E-state index is 0.0942. The number of carbonyl (C=O) groups is 1. The summed E-state index contributed by atoms with van der Waals surface area (Å²) in [5, 5.41) is 0.663. The summed E-state index contributed by atoms with van der Waals surface area (Å²) in [4.78, 5) is 16.1. The number of aromatic nitrogens is 2. The second-order valence-electron chi connectivity index (χ2n) is 5.05. The minimum atomic E-state index is 0.0942. The van der Waals surface area contributed by atoms with Gasteiger partial charge in [-0.1, -0.05) is 11.6 Å². The molecule has 3 rings (SSSR count). The monoisotopic (exact) mass is 326 g/mol. The highest BCUT2D eigenvalue weighted by Crippen LogP contribution is 2.23. The molecule has 2 aromatic carbocycles. The first-order valence-electron chi connectivity index (χ1n) is 7.23. The lowest BCUT2D eigenvalue weighted by Crippen LogP contribution is -2.04. The van der Waals surface area contributed by atoms with Crippen LogP contribution in [0, 0.1) is 0 Å². The predicted octanol–water partition coefficient (Wildman–Crippen LogP) is 4.60. The molecule has 1 heterocycles. The SMILES string of the molecule is O=C(CCn1ccnc1)c1ccc(Oc2ccc(Cl)cc2)cc1. The summed E-state index contributed by atoms with van der Waals surface area (Å²) >= 11 is 5.84. The average molecular weight is 327 g/mol. The Morgan fingerprint density at radius 3 is 2.30 bits per heavy atom. The molecule has 0 atom stereocenters. The molecule has 0 spiro atoms. The van der Waals surface area contributed by atoms with E-state index in [0.717, 1.165) is 0 Å². The van der Waals surface area contributed by atoms with Gasteiger partial charge in [0.05, 0.1) is 6.33 Å².